The summed E-state index contributed by atoms with van der Waals surface area (Å²) in [6, 6.07) is 23.7. The van der Waals surface area contributed by atoms with Crippen LogP contribution in [0.2, 0.25) is 0 Å². The smallest absolute Gasteiger partial charge is 0.321 e. The lowest BCUT2D eigenvalue weighted by Gasteiger charge is -2.58. The van der Waals surface area contributed by atoms with Crippen LogP contribution in [-0.2, 0) is 6.42 Å². The number of benzene rings is 3. The first-order valence-corrected chi connectivity index (χ1v) is 22.7. The molecule has 5 saturated carbocycles. The topological polar surface area (TPSA) is 99.1 Å². The van der Waals surface area contributed by atoms with Crippen molar-refractivity contribution >= 4 is 38.9 Å². The first kappa shape index (κ1) is 39.5. The highest BCUT2D eigenvalue weighted by Gasteiger charge is 2.59. The van der Waals surface area contributed by atoms with Crippen LogP contribution in [0, 0.1) is 28.6 Å². The minimum absolute atomic E-state index is 0.00419. The fourth-order valence-electron chi connectivity index (χ4n) is 12.7. The van der Waals surface area contributed by atoms with Gasteiger partial charge in [0.2, 0.25) is 5.78 Å². The van der Waals surface area contributed by atoms with E-state index in [1.54, 1.807) is 7.11 Å². The maximum Gasteiger partial charge on any atom is 0.321 e. The van der Waals surface area contributed by atoms with Crippen molar-refractivity contribution in [3.63, 3.8) is 0 Å². The summed E-state index contributed by atoms with van der Waals surface area (Å²) in [5.74, 6) is 2.83. The summed E-state index contributed by atoms with van der Waals surface area (Å²) in [4.78, 5) is 32.2. The average molecular weight is 801 g/mol. The summed E-state index contributed by atoms with van der Waals surface area (Å²) in [6.07, 6.45) is 13.9. The second-order valence-electron chi connectivity index (χ2n) is 19.4. The highest BCUT2D eigenvalue weighted by atomic mass is 32.1. The molecule has 7 nitrogen and oxygen atoms in total. The number of urea groups is 1. The number of carbonyl (C=O) groups is 2. The zero-order valence-electron chi connectivity index (χ0n) is 34.5. The Labute approximate surface area is 347 Å². The van der Waals surface area contributed by atoms with Crippen LogP contribution in [0.25, 0.3) is 10.1 Å². The van der Waals surface area contributed by atoms with E-state index in [0.29, 0.717) is 54.8 Å². The van der Waals surface area contributed by atoms with Crippen LogP contribution in [0.1, 0.15) is 123 Å². The number of aliphatic hydroxyl groups excluding tert-OH is 1. The van der Waals surface area contributed by atoms with Crippen LogP contribution < -0.4 is 10.1 Å². The second-order valence-corrected chi connectivity index (χ2v) is 20.4. The Morgan fingerprint density at radius 2 is 1.64 bits per heavy atom. The van der Waals surface area contributed by atoms with Gasteiger partial charge < -0.3 is 25.2 Å². The minimum Gasteiger partial charge on any atom is -0.497 e. The standard InChI is InChI=1S/C50H60N2O5S/c1-32-7-6-19-48(2)43(41-17-11-33(24-39(53)14-10-32)25-42(41)46(54)45-26-37-8-4-5-9-44(37)58-45)18-20-50(48,56)31-52(47(55)51-38-12-15-40(57-3)16-13-38)30-49-27-34-21-35(28-49)23-36(22-34)29-49/h4-5,7-9,11-13,15-17,25-26,34-36,39,43,53,56H,6,10,14,18-24,27-31H2,1-3H3,(H,51,55)/t34?,35?,36?,39-,43-,48-,49?,50+/m0/s1. The molecule has 0 saturated heterocycles. The minimum atomic E-state index is -1.21. The van der Waals surface area contributed by atoms with Crippen LogP contribution >= 0.6 is 11.3 Å². The monoisotopic (exact) mass is 800 g/mol. The van der Waals surface area contributed by atoms with E-state index in [4.69, 9.17) is 4.74 Å². The number of anilines is 1. The first-order valence-electron chi connectivity index (χ1n) is 21.8. The quantitative estimate of drug-likeness (QED) is 0.122. The third-order valence-electron chi connectivity index (χ3n) is 15.3. The van der Waals surface area contributed by atoms with E-state index >= 15 is 0 Å². The summed E-state index contributed by atoms with van der Waals surface area (Å²) in [6.45, 7) is 5.25. The fourth-order valence-corrected chi connectivity index (χ4v) is 13.7. The van der Waals surface area contributed by atoms with E-state index in [9.17, 15) is 19.8 Å². The number of amides is 2. The lowest BCUT2D eigenvalue weighted by Crippen LogP contribution is -2.58. The van der Waals surface area contributed by atoms with Crippen molar-refractivity contribution in [2.75, 3.05) is 25.5 Å². The molecule has 3 aromatic carbocycles. The third-order valence-corrected chi connectivity index (χ3v) is 16.5. The number of nitrogens with zero attached hydrogens (tertiary/aromatic N) is 1. The number of aliphatic hydroxyl groups is 2. The number of ether oxygens (including phenoxy) is 1. The number of hydrogen-bond donors (Lipinski definition) is 3. The Hall–Kier alpha value is -3.98. The van der Waals surface area contributed by atoms with Crippen molar-refractivity contribution in [1.29, 1.82) is 0 Å². The normalized spacial score (nSPS) is 31.7. The maximum absolute atomic E-state index is 14.8. The summed E-state index contributed by atoms with van der Waals surface area (Å²) in [5.41, 5.74) is 2.76. The van der Waals surface area contributed by atoms with Gasteiger partial charge in [0.25, 0.3) is 0 Å². The molecular formula is C50H60N2O5S. The fraction of sp³-hybridized carbons (Fsp3) is 0.520. The van der Waals surface area contributed by atoms with Gasteiger partial charge in [-0.25, -0.2) is 4.79 Å². The van der Waals surface area contributed by atoms with Crippen molar-refractivity contribution in [1.82, 2.24) is 4.90 Å². The third kappa shape index (κ3) is 7.54. The maximum atomic E-state index is 14.8. The molecule has 58 heavy (non-hydrogen) atoms. The van der Waals surface area contributed by atoms with Gasteiger partial charge in [0.15, 0.2) is 0 Å². The lowest BCUT2D eigenvalue weighted by molar-refractivity contribution is -0.0975. The zero-order valence-corrected chi connectivity index (χ0v) is 35.3. The molecule has 1 aromatic heterocycles. The van der Waals surface area contributed by atoms with Gasteiger partial charge in [-0.3, -0.25) is 4.79 Å². The zero-order chi connectivity index (χ0) is 40.2. The molecule has 2 amide bonds. The largest absolute Gasteiger partial charge is 0.497 e. The Balaban J connectivity index is 1.10. The number of ketones is 1. The molecule has 7 aliphatic carbocycles. The number of rotatable bonds is 8. The van der Waals surface area contributed by atoms with Gasteiger partial charge >= 0.3 is 6.03 Å². The predicted molar refractivity (Wildman–Crippen MR) is 233 cm³/mol. The number of allylic oxidation sites excluding steroid dienone is 2. The summed E-state index contributed by atoms with van der Waals surface area (Å²) in [5, 5.41) is 28.8. The van der Waals surface area contributed by atoms with E-state index in [2.05, 4.69) is 49.5 Å². The van der Waals surface area contributed by atoms with E-state index in [0.717, 1.165) is 57.6 Å². The molecule has 306 valence electrons. The summed E-state index contributed by atoms with van der Waals surface area (Å²) < 4.78 is 6.48. The summed E-state index contributed by atoms with van der Waals surface area (Å²) >= 11 is 1.52. The first-order chi connectivity index (χ1) is 27.9. The van der Waals surface area contributed by atoms with Crippen LogP contribution in [0.5, 0.6) is 5.75 Å². The Morgan fingerprint density at radius 3 is 2.34 bits per heavy atom. The van der Waals surface area contributed by atoms with Crippen molar-refractivity contribution in [2.45, 2.75) is 115 Å². The number of carbonyl (C=O) groups excluding carboxylic acids is 2. The molecule has 7 aliphatic rings. The molecule has 8 heteroatoms. The summed E-state index contributed by atoms with van der Waals surface area (Å²) in [7, 11) is 1.64. The number of hydrogen-bond acceptors (Lipinski definition) is 6. The number of nitrogens with one attached hydrogen (secondary N) is 1. The van der Waals surface area contributed by atoms with Crippen LogP contribution in [-0.4, -0.2) is 58.8 Å². The number of fused-ring (bicyclic) bond motifs is 9. The van der Waals surface area contributed by atoms with E-state index < -0.39 is 17.1 Å². The number of thiophene rings is 1. The molecule has 0 spiro atoms. The highest BCUT2D eigenvalue weighted by Crippen LogP contribution is 2.62. The molecule has 1 heterocycles. The molecular weight excluding hydrogens is 741 g/mol. The average Bonchev–Trinajstić information content (AvgIpc) is 3.74. The molecule has 3 N–H and O–H groups in total. The SMILES string of the molecule is COc1ccc(NC(=O)N(CC23CC4CC(CC(C4)C2)C3)C[C@]2(O)CC[C@H]3c4ccc(cc4C(=O)c4cc5ccccc5s4)C[C@@H](O)CCC(C)=CCC[C@@]32C)cc1. The van der Waals surface area contributed by atoms with E-state index in [1.165, 1.54) is 55.4 Å². The Bertz CT molecular complexity index is 2140. The molecule has 11 rings (SSSR count). The van der Waals surface area contributed by atoms with Gasteiger partial charge in [-0.15, -0.1) is 11.3 Å². The van der Waals surface area contributed by atoms with Crippen molar-refractivity contribution < 1.29 is 24.5 Å². The van der Waals surface area contributed by atoms with Gasteiger partial charge in [-0.2, -0.15) is 0 Å². The molecule has 0 aliphatic heterocycles. The number of methoxy groups -OCH3 is 1. The Kier molecular flexibility index (Phi) is 10.6. The van der Waals surface area contributed by atoms with E-state index in [-0.39, 0.29) is 29.7 Å². The van der Waals surface area contributed by atoms with Crippen molar-refractivity contribution in [2.24, 2.45) is 28.6 Å². The van der Waals surface area contributed by atoms with Crippen molar-refractivity contribution in [3.8, 4) is 5.75 Å². The van der Waals surface area contributed by atoms with Crippen molar-refractivity contribution in [3.05, 3.63) is 106 Å². The molecule has 5 fully saturated rings. The van der Waals surface area contributed by atoms with Gasteiger partial charge in [-0.05, 0) is 178 Å². The van der Waals surface area contributed by atoms with Crippen LogP contribution in [0.3, 0.4) is 0 Å². The van der Waals surface area contributed by atoms with Crippen LogP contribution in [0.15, 0.2) is 84.4 Å². The molecule has 0 radical (unpaired) electrons. The predicted octanol–water partition coefficient (Wildman–Crippen LogP) is 10.9. The highest BCUT2D eigenvalue weighted by molar-refractivity contribution is 7.21. The second kappa shape index (κ2) is 15.6. The van der Waals surface area contributed by atoms with Gasteiger partial charge in [-0.1, -0.05) is 48.9 Å². The Morgan fingerprint density at radius 1 is 0.914 bits per heavy atom. The van der Waals surface area contributed by atoms with Gasteiger partial charge in [0.05, 0.1) is 30.2 Å². The van der Waals surface area contributed by atoms with E-state index in [1.807, 2.05) is 53.4 Å². The van der Waals surface area contributed by atoms with Crippen LogP contribution in [0.4, 0.5) is 10.5 Å². The lowest BCUT2D eigenvalue weighted by atomic mass is 9.49. The molecule has 0 unspecified atom stereocenters. The molecule has 6 bridgehead atoms. The molecule has 4 aromatic rings. The molecule has 4 atom stereocenters. The van der Waals surface area contributed by atoms with Gasteiger partial charge in [0, 0.05) is 27.9 Å². The van der Waals surface area contributed by atoms with Gasteiger partial charge in [0.1, 0.15) is 5.75 Å².